The topological polar surface area (TPSA) is 73.6 Å². The zero-order valence-electron chi connectivity index (χ0n) is 15.5. The van der Waals surface area contributed by atoms with E-state index in [1.807, 2.05) is 0 Å². The number of methoxy groups -OCH3 is 1. The van der Waals surface area contributed by atoms with E-state index < -0.39 is 5.41 Å². The van der Waals surface area contributed by atoms with Gasteiger partial charge in [0.15, 0.2) is 0 Å². The fraction of sp³-hybridized carbons (Fsp3) is 0.500. The maximum atomic E-state index is 14.0. The number of aromatic nitrogens is 1. The molecule has 1 aliphatic rings. The van der Waals surface area contributed by atoms with E-state index in [4.69, 9.17) is 14.0 Å². The number of nitrogens with one attached hydrogen (secondary N) is 1. The summed E-state index contributed by atoms with van der Waals surface area (Å²) in [5.41, 5.74) is 0.223. The second-order valence-corrected chi connectivity index (χ2v) is 6.83. The number of halogens is 1. The third-order valence-electron chi connectivity index (χ3n) is 4.96. The molecular weight excluding hydrogens is 351 g/mol. The molecule has 0 spiro atoms. The Morgan fingerprint density at radius 2 is 2.11 bits per heavy atom. The fourth-order valence-corrected chi connectivity index (χ4v) is 3.38. The number of amides is 1. The van der Waals surface area contributed by atoms with E-state index in [1.54, 1.807) is 31.4 Å². The zero-order chi connectivity index (χ0) is 19.1. The van der Waals surface area contributed by atoms with Crippen LogP contribution in [0.4, 0.5) is 4.39 Å². The summed E-state index contributed by atoms with van der Waals surface area (Å²) in [7, 11) is 1.64. The average molecular weight is 376 g/mol. The molecule has 1 N–H and O–H groups in total. The standard InChI is InChI=1S/C20H25FN2O4/c1-25-10-4-9-22-19(24)20(7-11-26-12-8-20)14-15-13-18(23-27-15)16-5-2-3-6-17(16)21/h2-3,5-6,13H,4,7-12,14H2,1H3,(H,22,24). The minimum Gasteiger partial charge on any atom is -0.385 e. The van der Waals surface area contributed by atoms with Crippen molar-refractivity contribution in [2.45, 2.75) is 25.7 Å². The Labute approximate surface area is 158 Å². The van der Waals surface area contributed by atoms with Crippen LogP contribution in [0.5, 0.6) is 0 Å². The number of benzene rings is 1. The van der Waals surface area contributed by atoms with Crippen molar-refractivity contribution in [3.8, 4) is 11.3 Å². The molecule has 1 fully saturated rings. The Balaban J connectivity index is 1.73. The van der Waals surface area contributed by atoms with Crippen LogP contribution in [-0.4, -0.2) is 44.5 Å². The van der Waals surface area contributed by atoms with Crippen molar-refractivity contribution in [1.82, 2.24) is 10.5 Å². The van der Waals surface area contributed by atoms with Crippen molar-refractivity contribution in [3.63, 3.8) is 0 Å². The molecule has 0 aliphatic carbocycles. The molecule has 0 saturated carbocycles. The molecule has 27 heavy (non-hydrogen) atoms. The lowest BCUT2D eigenvalue weighted by atomic mass is 9.75. The lowest BCUT2D eigenvalue weighted by Crippen LogP contribution is -2.46. The number of nitrogens with zero attached hydrogens (tertiary/aromatic N) is 1. The first kappa shape index (κ1) is 19.5. The summed E-state index contributed by atoms with van der Waals surface area (Å²) >= 11 is 0. The van der Waals surface area contributed by atoms with Gasteiger partial charge in [-0.05, 0) is 31.4 Å². The SMILES string of the molecule is COCCCNC(=O)C1(Cc2cc(-c3ccccc3F)no2)CCOCC1. The molecule has 1 aromatic carbocycles. The van der Waals surface area contributed by atoms with Crippen molar-refractivity contribution in [2.75, 3.05) is 33.5 Å². The maximum absolute atomic E-state index is 14.0. The van der Waals surface area contributed by atoms with Gasteiger partial charge in [0.25, 0.3) is 0 Å². The van der Waals surface area contributed by atoms with E-state index in [2.05, 4.69) is 10.5 Å². The minimum atomic E-state index is -0.600. The fourth-order valence-electron chi connectivity index (χ4n) is 3.38. The van der Waals surface area contributed by atoms with Crippen molar-refractivity contribution < 1.29 is 23.2 Å². The van der Waals surface area contributed by atoms with Crippen LogP contribution in [0.15, 0.2) is 34.9 Å². The molecule has 0 bridgehead atoms. The molecule has 3 rings (SSSR count). The Morgan fingerprint density at radius 3 is 2.85 bits per heavy atom. The molecule has 0 radical (unpaired) electrons. The predicted octanol–water partition coefficient (Wildman–Crippen LogP) is 2.97. The number of ether oxygens (including phenoxy) is 2. The monoisotopic (exact) mass is 376 g/mol. The second kappa shape index (κ2) is 9.10. The van der Waals surface area contributed by atoms with Gasteiger partial charge in [0, 0.05) is 51.5 Å². The largest absolute Gasteiger partial charge is 0.385 e. The van der Waals surface area contributed by atoms with Crippen molar-refractivity contribution in [2.24, 2.45) is 5.41 Å². The molecule has 7 heteroatoms. The van der Waals surface area contributed by atoms with Crippen molar-refractivity contribution >= 4 is 5.91 Å². The van der Waals surface area contributed by atoms with E-state index in [1.165, 1.54) is 6.07 Å². The number of rotatable bonds is 8. The summed E-state index contributed by atoms with van der Waals surface area (Å²) in [6, 6.07) is 8.14. The van der Waals surface area contributed by atoms with Crippen LogP contribution in [0.2, 0.25) is 0 Å². The highest BCUT2D eigenvalue weighted by molar-refractivity contribution is 5.83. The van der Waals surface area contributed by atoms with Gasteiger partial charge >= 0.3 is 0 Å². The smallest absolute Gasteiger partial charge is 0.226 e. The lowest BCUT2D eigenvalue weighted by Gasteiger charge is -2.35. The predicted molar refractivity (Wildman–Crippen MR) is 97.6 cm³/mol. The first-order valence-electron chi connectivity index (χ1n) is 9.20. The normalized spacial score (nSPS) is 16.2. The highest BCUT2D eigenvalue weighted by Gasteiger charge is 2.41. The average Bonchev–Trinajstić information content (AvgIpc) is 3.14. The number of carbonyl (C=O) groups is 1. The van der Waals surface area contributed by atoms with Gasteiger partial charge in [-0.3, -0.25) is 4.79 Å². The number of hydrogen-bond donors (Lipinski definition) is 1. The summed E-state index contributed by atoms with van der Waals surface area (Å²) in [5, 5.41) is 6.99. The number of hydrogen-bond acceptors (Lipinski definition) is 5. The molecular formula is C20H25FN2O4. The quantitative estimate of drug-likeness (QED) is 0.717. The van der Waals surface area contributed by atoms with Gasteiger partial charge in [-0.1, -0.05) is 17.3 Å². The summed E-state index contributed by atoms with van der Waals surface area (Å²) in [4.78, 5) is 12.9. The van der Waals surface area contributed by atoms with Crippen LogP contribution in [-0.2, 0) is 20.7 Å². The molecule has 2 aromatic rings. The first-order chi connectivity index (χ1) is 13.1. The van der Waals surface area contributed by atoms with Crippen molar-refractivity contribution in [3.05, 3.63) is 41.9 Å². The third-order valence-corrected chi connectivity index (χ3v) is 4.96. The van der Waals surface area contributed by atoms with Gasteiger partial charge in [-0.2, -0.15) is 0 Å². The molecule has 0 atom stereocenters. The van der Waals surface area contributed by atoms with E-state index in [0.29, 0.717) is 62.6 Å². The van der Waals surface area contributed by atoms with Gasteiger partial charge < -0.3 is 19.3 Å². The van der Waals surface area contributed by atoms with Crippen LogP contribution in [0.25, 0.3) is 11.3 Å². The van der Waals surface area contributed by atoms with E-state index >= 15 is 0 Å². The molecule has 1 aliphatic heterocycles. The maximum Gasteiger partial charge on any atom is 0.226 e. The van der Waals surface area contributed by atoms with Gasteiger partial charge in [-0.25, -0.2) is 4.39 Å². The summed E-state index contributed by atoms with van der Waals surface area (Å²) in [5.74, 6) is 0.210. The third kappa shape index (κ3) is 4.73. The van der Waals surface area contributed by atoms with Crippen LogP contribution >= 0.6 is 0 Å². The summed E-state index contributed by atoms with van der Waals surface area (Å²) < 4.78 is 29.9. The van der Waals surface area contributed by atoms with Crippen LogP contribution in [0.1, 0.15) is 25.0 Å². The molecule has 146 valence electrons. The van der Waals surface area contributed by atoms with E-state index in [-0.39, 0.29) is 11.7 Å². The van der Waals surface area contributed by atoms with Gasteiger partial charge in [-0.15, -0.1) is 0 Å². The van der Waals surface area contributed by atoms with E-state index in [0.717, 1.165) is 6.42 Å². The summed E-state index contributed by atoms with van der Waals surface area (Å²) in [6.45, 7) is 2.22. The first-order valence-corrected chi connectivity index (χ1v) is 9.20. The molecule has 1 aromatic heterocycles. The minimum absolute atomic E-state index is 0.00857. The van der Waals surface area contributed by atoms with Crippen LogP contribution in [0.3, 0.4) is 0 Å². The lowest BCUT2D eigenvalue weighted by molar-refractivity contribution is -0.137. The Morgan fingerprint density at radius 1 is 1.33 bits per heavy atom. The molecule has 1 saturated heterocycles. The molecule has 6 nitrogen and oxygen atoms in total. The Bertz CT molecular complexity index is 756. The Kier molecular flexibility index (Phi) is 6.58. The molecule has 2 heterocycles. The van der Waals surface area contributed by atoms with Gasteiger partial charge in [0.2, 0.25) is 5.91 Å². The van der Waals surface area contributed by atoms with Crippen molar-refractivity contribution in [1.29, 1.82) is 0 Å². The Hall–Kier alpha value is -2.25. The highest BCUT2D eigenvalue weighted by Crippen LogP contribution is 2.36. The zero-order valence-corrected chi connectivity index (χ0v) is 15.5. The molecule has 0 unspecified atom stereocenters. The van der Waals surface area contributed by atoms with Crippen LogP contribution in [0, 0.1) is 11.2 Å². The molecule has 1 amide bonds. The number of carbonyl (C=O) groups excluding carboxylic acids is 1. The highest BCUT2D eigenvalue weighted by atomic mass is 19.1. The van der Waals surface area contributed by atoms with Gasteiger partial charge in [0.1, 0.15) is 17.3 Å². The van der Waals surface area contributed by atoms with Crippen LogP contribution < -0.4 is 5.32 Å². The summed E-state index contributed by atoms with van der Waals surface area (Å²) in [6.07, 6.45) is 2.39. The second-order valence-electron chi connectivity index (χ2n) is 6.83. The van der Waals surface area contributed by atoms with Gasteiger partial charge in [0.05, 0.1) is 5.41 Å². The van der Waals surface area contributed by atoms with E-state index in [9.17, 15) is 9.18 Å².